The van der Waals surface area contributed by atoms with Gasteiger partial charge in [0.05, 0.1) is 6.10 Å². The summed E-state index contributed by atoms with van der Waals surface area (Å²) in [4.78, 5) is 0. The second-order valence-corrected chi connectivity index (χ2v) is 5.67. The Balaban J connectivity index is 1.69. The van der Waals surface area contributed by atoms with Crippen LogP contribution < -0.4 is 5.32 Å². The van der Waals surface area contributed by atoms with Crippen molar-refractivity contribution >= 4 is 0 Å². The highest BCUT2D eigenvalue weighted by Crippen LogP contribution is 2.45. The molecule has 1 aliphatic carbocycles. The van der Waals surface area contributed by atoms with E-state index in [1.165, 1.54) is 6.42 Å². The fourth-order valence-electron chi connectivity index (χ4n) is 3.02. The highest BCUT2D eigenvalue weighted by molar-refractivity contribution is 5.04. The van der Waals surface area contributed by atoms with Crippen molar-refractivity contribution in [1.29, 1.82) is 0 Å². The average Bonchev–Trinajstić information content (AvgIpc) is 2.93. The molecular formula is C15H27N3O. The van der Waals surface area contributed by atoms with Gasteiger partial charge in [0.15, 0.2) is 0 Å². The number of aryl methyl sites for hydroxylation is 1. The molecule has 0 aliphatic heterocycles. The van der Waals surface area contributed by atoms with Crippen LogP contribution in [0.2, 0.25) is 0 Å². The van der Waals surface area contributed by atoms with Crippen molar-refractivity contribution in [3.8, 4) is 0 Å². The third kappa shape index (κ3) is 3.18. The second kappa shape index (κ2) is 6.53. The van der Waals surface area contributed by atoms with Crippen LogP contribution in [0.15, 0.2) is 18.5 Å². The van der Waals surface area contributed by atoms with Gasteiger partial charge in [0.2, 0.25) is 0 Å². The van der Waals surface area contributed by atoms with Crippen molar-refractivity contribution in [2.24, 2.45) is 5.41 Å². The molecule has 0 aromatic carbocycles. The lowest BCUT2D eigenvalue weighted by Crippen LogP contribution is -2.62. The zero-order valence-corrected chi connectivity index (χ0v) is 12.4. The summed E-state index contributed by atoms with van der Waals surface area (Å²) in [5.41, 5.74) is 0.307. The van der Waals surface area contributed by atoms with Gasteiger partial charge in [-0.3, -0.25) is 4.68 Å². The summed E-state index contributed by atoms with van der Waals surface area (Å²) >= 11 is 0. The zero-order chi connectivity index (χ0) is 13.7. The van der Waals surface area contributed by atoms with Crippen molar-refractivity contribution in [3.63, 3.8) is 0 Å². The van der Waals surface area contributed by atoms with Crippen molar-refractivity contribution < 1.29 is 4.74 Å². The Bertz CT molecular complexity index is 365. The first kappa shape index (κ1) is 14.5. The maximum absolute atomic E-state index is 5.83. The van der Waals surface area contributed by atoms with Crippen molar-refractivity contribution in [1.82, 2.24) is 15.1 Å². The van der Waals surface area contributed by atoms with Crippen LogP contribution in [-0.4, -0.2) is 35.1 Å². The number of rotatable bonds is 8. The fraction of sp³-hybridized carbons (Fsp3) is 0.800. The van der Waals surface area contributed by atoms with Gasteiger partial charge in [0.1, 0.15) is 0 Å². The van der Waals surface area contributed by atoms with E-state index in [0.29, 0.717) is 17.6 Å². The van der Waals surface area contributed by atoms with E-state index < -0.39 is 0 Å². The second-order valence-electron chi connectivity index (χ2n) is 5.67. The van der Waals surface area contributed by atoms with E-state index in [4.69, 9.17) is 4.74 Å². The summed E-state index contributed by atoms with van der Waals surface area (Å²) < 4.78 is 7.82. The summed E-state index contributed by atoms with van der Waals surface area (Å²) in [5.74, 6) is 0. The molecule has 2 rings (SSSR count). The largest absolute Gasteiger partial charge is 0.378 e. The van der Waals surface area contributed by atoms with E-state index >= 15 is 0 Å². The Morgan fingerprint density at radius 2 is 2.32 bits per heavy atom. The molecule has 1 aliphatic rings. The molecule has 1 N–H and O–H groups in total. The molecule has 3 atom stereocenters. The monoisotopic (exact) mass is 265 g/mol. The molecule has 1 aromatic heterocycles. The Morgan fingerprint density at radius 1 is 1.47 bits per heavy atom. The zero-order valence-electron chi connectivity index (χ0n) is 12.4. The summed E-state index contributed by atoms with van der Waals surface area (Å²) in [5, 5.41) is 7.91. The van der Waals surface area contributed by atoms with Gasteiger partial charge in [-0.25, -0.2) is 0 Å². The van der Waals surface area contributed by atoms with E-state index in [9.17, 15) is 0 Å². The fourth-order valence-corrected chi connectivity index (χ4v) is 3.02. The molecule has 4 nitrogen and oxygen atoms in total. The van der Waals surface area contributed by atoms with Crippen LogP contribution in [-0.2, 0) is 11.3 Å². The smallest absolute Gasteiger partial charge is 0.0658 e. The van der Waals surface area contributed by atoms with E-state index in [2.05, 4.69) is 31.2 Å². The summed E-state index contributed by atoms with van der Waals surface area (Å²) in [6, 6.07) is 2.58. The number of nitrogens with zero attached hydrogens (tertiary/aromatic N) is 2. The SMILES string of the molecule is CCOC1CC(NCCCn2cccn2)C1(C)CC. The van der Waals surface area contributed by atoms with Gasteiger partial charge in [-0.1, -0.05) is 13.8 Å². The van der Waals surface area contributed by atoms with E-state index in [0.717, 1.165) is 32.5 Å². The molecule has 1 heterocycles. The molecule has 19 heavy (non-hydrogen) atoms. The maximum Gasteiger partial charge on any atom is 0.0658 e. The molecule has 4 heteroatoms. The van der Waals surface area contributed by atoms with Gasteiger partial charge in [-0.2, -0.15) is 5.10 Å². The standard InChI is InChI=1S/C15H27N3O/c1-4-15(3)13(12-14(15)19-5-2)16-8-6-10-18-11-7-9-17-18/h7,9,11,13-14,16H,4-6,8,10,12H2,1-3H3. The highest BCUT2D eigenvalue weighted by atomic mass is 16.5. The summed E-state index contributed by atoms with van der Waals surface area (Å²) in [6.45, 7) is 9.57. The number of ether oxygens (including phenoxy) is 1. The first-order chi connectivity index (χ1) is 9.20. The third-order valence-corrected chi connectivity index (χ3v) is 4.62. The molecule has 0 bridgehead atoms. The Hall–Kier alpha value is -0.870. The maximum atomic E-state index is 5.83. The van der Waals surface area contributed by atoms with Gasteiger partial charge < -0.3 is 10.1 Å². The molecule has 0 amide bonds. The number of hydrogen-bond acceptors (Lipinski definition) is 3. The Labute approximate surface area is 116 Å². The van der Waals surface area contributed by atoms with Crippen molar-refractivity contribution in [2.75, 3.05) is 13.2 Å². The van der Waals surface area contributed by atoms with Crippen LogP contribution in [0.25, 0.3) is 0 Å². The molecule has 3 unspecified atom stereocenters. The van der Waals surface area contributed by atoms with Gasteiger partial charge >= 0.3 is 0 Å². The molecule has 1 saturated carbocycles. The minimum absolute atomic E-state index is 0.307. The Kier molecular flexibility index (Phi) is 4.99. The molecule has 1 aromatic rings. The predicted molar refractivity (Wildman–Crippen MR) is 77.1 cm³/mol. The van der Waals surface area contributed by atoms with E-state index in [1.807, 2.05) is 23.1 Å². The highest BCUT2D eigenvalue weighted by Gasteiger charge is 2.50. The molecule has 0 saturated heterocycles. The van der Waals surface area contributed by atoms with E-state index in [1.54, 1.807) is 0 Å². The molecule has 108 valence electrons. The van der Waals surface area contributed by atoms with Gasteiger partial charge in [0.25, 0.3) is 0 Å². The summed E-state index contributed by atoms with van der Waals surface area (Å²) in [7, 11) is 0. The van der Waals surface area contributed by atoms with E-state index in [-0.39, 0.29) is 0 Å². The summed E-state index contributed by atoms with van der Waals surface area (Å²) in [6.07, 6.45) is 7.74. The first-order valence-electron chi connectivity index (χ1n) is 7.53. The van der Waals surface area contributed by atoms with Crippen molar-refractivity contribution in [2.45, 2.75) is 58.7 Å². The van der Waals surface area contributed by atoms with Crippen LogP contribution in [0.1, 0.15) is 40.0 Å². The van der Waals surface area contributed by atoms with Crippen LogP contribution in [0.5, 0.6) is 0 Å². The van der Waals surface area contributed by atoms with Gasteiger partial charge in [0, 0.05) is 37.0 Å². The van der Waals surface area contributed by atoms with Crippen LogP contribution >= 0.6 is 0 Å². The van der Waals surface area contributed by atoms with Crippen LogP contribution in [0.4, 0.5) is 0 Å². The molecule has 1 fully saturated rings. The molecular weight excluding hydrogens is 238 g/mol. The lowest BCUT2D eigenvalue weighted by atomic mass is 9.61. The van der Waals surface area contributed by atoms with Crippen molar-refractivity contribution in [3.05, 3.63) is 18.5 Å². The minimum atomic E-state index is 0.307. The van der Waals surface area contributed by atoms with Crippen LogP contribution in [0, 0.1) is 5.41 Å². The number of aromatic nitrogens is 2. The third-order valence-electron chi connectivity index (χ3n) is 4.62. The normalized spacial score (nSPS) is 30.3. The van der Waals surface area contributed by atoms with Gasteiger partial charge in [-0.15, -0.1) is 0 Å². The first-order valence-corrected chi connectivity index (χ1v) is 7.53. The molecule has 0 spiro atoms. The molecule has 0 radical (unpaired) electrons. The Morgan fingerprint density at radius 3 is 2.95 bits per heavy atom. The van der Waals surface area contributed by atoms with Gasteiger partial charge in [-0.05, 0) is 38.8 Å². The predicted octanol–water partition coefficient (Wildman–Crippen LogP) is 2.46. The minimum Gasteiger partial charge on any atom is -0.378 e. The van der Waals surface area contributed by atoms with Crippen LogP contribution in [0.3, 0.4) is 0 Å². The lowest BCUT2D eigenvalue weighted by Gasteiger charge is -2.53. The number of hydrogen-bond donors (Lipinski definition) is 1. The topological polar surface area (TPSA) is 39.1 Å². The number of nitrogens with one attached hydrogen (secondary N) is 1. The average molecular weight is 265 g/mol. The lowest BCUT2D eigenvalue weighted by molar-refractivity contribution is -0.125. The quantitative estimate of drug-likeness (QED) is 0.734.